The van der Waals surface area contributed by atoms with Crippen molar-refractivity contribution in [3.63, 3.8) is 0 Å². The van der Waals surface area contributed by atoms with Crippen LogP contribution in [0.3, 0.4) is 0 Å². The van der Waals surface area contributed by atoms with Crippen LogP contribution in [0.1, 0.15) is 6.92 Å². The molecule has 0 saturated heterocycles. The Hall–Kier alpha value is -1.42. The molecule has 54 valence electrons. The summed E-state index contributed by atoms with van der Waals surface area (Å²) in [4.78, 5) is 1.57. The van der Waals surface area contributed by atoms with Crippen molar-refractivity contribution in [2.75, 3.05) is 19.6 Å². The Bertz CT molecular complexity index is 152. The molecule has 0 radical (unpaired) electrons. The number of nitrogens with one attached hydrogen (secondary N) is 1. The highest BCUT2D eigenvalue weighted by Crippen LogP contribution is 1.79. The topological polar surface area (TPSA) is 62.9 Å². The molecule has 0 unspecified atom stereocenters. The van der Waals surface area contributed by atoms with Gasteiger partial charge in [0.15, 0.2) is 12.4 Å². The summed E-state index contributed by atoms with van der Waals surface area (Å²) in [6.45, 7) is 3.73. The molecule has 0 aliphatic carbocycles. The first kappa shape index (κ1) is 8.58. The minimum atomic E-state index is 0.540. The molecule has 0 saturated carbocycles. The minimum Gasteiger partial charge on any atom is -0.322 e. The number of nitrogens with zero attached hydrogens (tertiary/aromatic N) is 3. The van der Waals surface area contributed by atoms with Crippen LogP contribution in [0.15, 0.2) is 0 Å². The van der Waals surface area contributed by atoms with E-state index in [4.69, 9.17) is 10.5 Å². The fraction of sp³-hybridized carbons (Fsp3) is 0.667. The Kier molecular flexibility index (Phi) is 4.90. The van der Waals surface area contributed by atoms with Gasteiger partial charge in [-0.1, -0.05) is 0 Å². The van der Waals surface area contributed by atoms with Gasteiger partial charge in [0.1, 0.15) is 0 Å². The second-order valence-corrected chi connectivity index (χ2v) is 1.72. The largest absolute Gasteiger partial charge is 0.322 e. The third-order valence-corrected chi connectivity index (χ3v) is 1.11. The molecule has 0 atom stereocenters. The molecular weight excluding hydrogens is 128 g/mol. The van der Waals surface area contributed by atoms with Crippen LogP contribution < -0.4 is 5.32 Å². The summed E-state index contributed by atoms with van der Waals surface area (Å²) in [6.07, 6.45) is 3.78. The average molecular weight is 138 g/mol. The van der Waals surface area contributed by atoms with E-state index in [1.54, 1.807) is 11.1 Å². The first-order chi connectivity index (χ1) is 4.85. The van der Waals surface area contributed by atoms with E-state index in [0.29, 0.717) is 19.6 Å². The molecule has 4 heteroatoms. The van der Waals surface area contributed by atoms with Crippen molar-refractivity contribution in [3.8, 4) is 12.4 Å². The predicted molar refractivity (Wildman–Crippen MR) is 36.5 cm³/mol. The lowest BCUT2D eigenvalue weighted by atomic mass is 10.5. The van der Waals surface area contributed by atoms with Gasteiger partial charge in [0.2, 0.25) is 0 Å². The number of nitriles is 2. The number of hydrogen-bond acceptors (Lipinski definition) is 4. The molecule has 0 amide bonds. The molecule has 0 bridgehead atoms. The molecular formula is C6H10N4. The molecule has 0 fully saturated rings. The van der Waals surface area contributed by atoms with Crippen molar-refractivity contribution in [2.24, 2.45) is 0 Å². The van der Waals surface area contributed by atoms with E-state index in [0.717, 1.165) is 0 Å². The lowest BCUT2D eigenvalue weighted by molar-refractivity contribution is 0.415. The van der Waals surface area contributed by atoms with Gasteiger partial charge in [0, 0.05) is 19.6 Å². The predicted octanol–water partition coefficient (Wildman–Crippen LogP) is -0.140. The van der Waals surface area contributed by atoms with E-state index < -0.39 is 0 Å². The zero-order valence-corrected chi connectivity index (χ0v) is 5.96. The molecule has 0 heterocycles. The van der Waals surface area contributed by atoms with Crippen molar-refractivity contribution in [1.29, 1.82) is 10.5 Å². The summed E-state index contributed by atoms with van der Waals surface area (Å²) in [7, 11) is 0. The highest BCUT2D eigenvalue weighted by molar-refractivity contribution is 4.74. The quantitative estimate of drug-likeness (QED) is 0.333. The van der Waals surface area contributed by atoms with Crippen LogP contribution in [0.2, 0.25) is 0 Å². The monoisotopic (exact) mass is 138 g/mol. The Balaban J connectivity index is 3.30. The summed E-state index contributed by atoms with van der Waals surface area (Å²) in [5, 5.41) is 18.9. The van der Waals surface area contributed by atoms with Crippen molar-refractivity contribution >= 4 is 0 Å². The van der Waals surface area contributed by atoms with E-state index >= 15 is 0 Å². The summed E-state index contributed by atoms with van der Waals surface area (Å²) >= 11 is 0. The van der Waals surface area contributed by atoms with Crippen LogP contribution in [0, 0.1) is 22.9 Å². The Morgan fingerprint density at radius 2 is 2.20 bits per heavy atom. The molecule has 0 spiro atoms. The maximum Gasteiger partial charge on any atom is 0.179 e. The van der Waals surface area contributed by atoms with Gasteiger partial charge in [-0.3, -0.25) is 0 Å². The van der Waals surface area contributed by atoms with Crippen LogP contribution in [0.25, 0.3) is 0 Å². The van der Waals surface area contributed by atoms with Crippen LogP contribution >= 0.6 is 0 Å². The molecule has 0 aliphatic rings. The van der Waals surface area contributed by atoms with Gasteiger partial charge >= 0.3 is 0 Å². The van der Waals surface area contributed by atoms with Crippen molar-refractivity contribution in [1.82, 2.24) is 10.2 Å². The highest BCUT2D eigenvalue weighted by atomic mass is 15.1. The van der Waals surface area contributed by atoms with Crippen molar-refractivity contribution < 1.29 is 0 Å². The zero-order chi connectivity index (χ0) is 7.82. The van der Waals surface area contributed by atoms with Gasteiger partial charge in [-0.2, -0.15) is 10.5 Å². The van der Waals surface area contributed by atoms with Gasteiger partial charge in [0.25, 0.3) is 0 Å². The minimum absolute atomic E-state index is 0.540. The van der Waals surface area contributed by atoms with Crippen LogP contribution in [0.5, 0.6) is 0 Å². The molecule has 1 N–H and O–H groups in total. The summed E-state index contributed by atoms with van der Waals surface area (Å²) < 4.78 is 0. The normalized spacial score (nSPS) is 7.50. The Labute approximate surface area is 60.7 Å². The zero-order valence-electron chi connectivity index (χ0n) is 5.96. The van der Waals surface area contributed by atoms with Crippen molar-refractivity contribution in [2.45, 2.75) is 6.92 Å². The lowest BCUT2D eigenvalue weighted by Gasteiger charge is -2.10. The second-order valence-electron chi connectivity index (χ2n) is 1.72. The van der Waals surface area contributed by atoms with E-state index in [2.05, 4.69) is 5.32 Å². The van der Waals surface area contributed by atoms with E-state index in [-0.39, 0.29) is 0 Å². The maximum atomic E-state index is 8.39. The summed E-state index contributed by atoms with van der Waals surface area (Å²) in [5.74, 6) is 0. The van der Waals surface area contributed by atoms with Gasteiger partial charge in [-0.05, 0) is 6.92 Å². The van der Waals surface area contributed by atoms with E-state index in [1.807, 2.05) is 13.1 Å². The summed E-state index contributed by atoms with van der Waals surface area (Å²) in [6, 6.07) is 0. The van der Waals surface area contributed by atoms with Gasteiger partial charge < -0.3 is 10.2 Å². The molecule has 0 aliphatic heterocycles. The molecule has 0 aromatic heterocycles. The van der Waals surface area contributed by atoms with Gasteiger partial charge in [-0.15, -0.1) is 0 Å². The SMILES string of the molecule is CCN(C#N)CCNC#N. The lowest BCUT2D eigenvalue weighted by Crippen LogP contribution is -2.26. The third kappa shape index (κ3) is 3.57. The maximum absolute atomic E-state index is 8.39. The highest BCUT2D eigenvalue weighted by Gasteiger charge is 1.94. The average Bonchev–Trinajstić information content (AvgIpc) is 1.99. The second kappa shape index (κ2) is 5.71. The van der Waals surface area contributed by atoms with Gasteiger partial charge in [0.05, 0.1) is 0 Å². The molecule has 4 nitrogen and oxygen atoms in total. The Morgan fingerprint density at radius 3 is 2.60 bits per heavy atom. The van der Waals surface area contributed by atoms with Crippen LogP contribution in [0.4, 0.5) is 0 Å². The van der Waals surface area contributed by atoms with Crippen LogP contribution in [-0.2, 0) is 0 Å². The smallest absolute Gasteiger partial charge is 0.179 e. The fourth-order valence-electron chi connectivity index (χ4n) is 0.526. The Morgan fingerprint density at radius 1 is 1.50 bits per heavy atom. The first-order valence-electron chi connectivity index (χ1n) is 3.11. The van der Waals surface area contributed by atoms with E-state index in [1.165, 1.54) is 0 Å². The molecule has 0 rings (SSSR count). The molecule has 0 aromatic rings. The fourth-order valence-corrected chi connectivity index (χ4v) is 0.526. The molecule has 10 heavy (non-hydrogen) atoms. The standard InChI is InChI=1S/C6H10N4/c1-2-10(6-8)4-3-9-5-7/h9H,2-4H2,1H3. The van der Waals surface area contributed by atoms with Gasteiger partial charge in [-0.25, -0.2) is 0 Å². The number of likely N-dealkylation sites (N-methyl/N-ethyl adjacent to an activating group) is 1. The molecule has 0 aromatic carbocycles. The van der Waals surface area contributed by atoms with Crippen molar-refractivity contribution in [3.05, 3.63) is 0 Å². The van der Waals surface area contributed by atoms with Crippen LogP contribution in [-0.4, -0.2) is 24.5 Å². The first-order valence-corrected chi connectivity index (χ1v) is 3.11. The number of hydrogen-bond donors (Lipinski definition) is 1. The summed E-state index contributed by atoms with van der Waals surface area (Å²) in [5.41, 5.74) is 0. The van der Waals surface area contributed by atoms with E-state index in [9.17, 15) is 0 Å². The third-order valence-electron chi connectivity index (χ3n) is 1.11. The number of rotatable bonds is 4.